The molecule has 0 aromatic heterocycles. The maximum Gasteiger partial charge on any atom is 0.306 e. The molecule has 0 saturated carbocycles. The van der Waals surface area contributed by atoms with Gasteiger partial charge in [-0.25, -0.2) is 0 Å². The van der Waals surface area contributed by atoms with Gasteiger partial charge in [0.2, 0.25) is 0 Å². The van der Waals surface area contributed by atoms with E-state index in [0.717, 1.165) is 148 Å². The van der Waals surface area contributed by atoms with Crippen molar-refractivity contribution in [3.8, 4) is 0 Å². The molecule has 0 aliphatic heterocycles. The molecular weight excluding hydrogens is 973 g/mol. The largest absolute Gasteiger partial charge is 0.462 e. The molecule has 0 aromatic carbocycles. The lowest BCUT2D eigenvalue weighted by atomic mass is 10.0. The van der Waals surface area contributed by atoms with E-state index in [4.69, 9.17) is 14.2 Å². The highest BCUT2D eigenvalue weighted by atomic mass is 16.6. The van der Waals surface area contributed by atoms with Crippen LogP contribution in [0.3, 0.4) is 0 Å². The number of unbranched alkanes of at least 4 members (excludes halogenated alkanes) is 16. The van der Waals surface area contributed by atoms with Gasteiger partial charge in [-0.2, -0.15) is 0 Å². The SMILES string of the molecule is CC/C=C\C/C=C\C/C=C\C/C=C\C/C=C\C/C=C\C/C=C\CCCCCCCCCCCCCC(=O)OCC(COC(=O)CCCCCCC)OC(=O)CCC/C=C\C/C=C\C/C=C\C/C=C\C/C=C\C/C=C\C/C=C\CC. The van der Waals surface area contributed by atoms with Crippen molar-refractivity contribution in [1.82, 2.24) is 0 Å². The minimum Gasteiger partial charge on any atom is -0.462 e. The van der Waals surface area contributed by atoms with Crippen molar-refractivity contribution < 1.29 is 28.6 Å². The first-order valence-corrected chi connectivity index (χ1v) is 31.6. The minimum atomic E-state index is -0.814. The van der Waals surface area contributed by atoms with E-state index in [1.54, 1.807) is 0 Å². The Morgan fingerprint density at radius 3 is 0.810 bits per heavy atom. The summed E-state index contributed by atoms with van der Waals surface area (Å²) in [4.78, 5) is 37.9. The number of hydrogen-bond acceptors (Lipinski definition) is 6. The molecule has 1 unspecified atom stereocenters. The summed E-state index contributed by atoms with van der Waals surface area (Å²) in [5, 5.41) is 0. The van der Waals surface area contributed by atoms with Gasteiger partial charge in [-0.3, -0.25) is 14.4 Å². The molecule has 0 heterocycles. The van der Waals surface area contributed by atoms with Crippen LogP contribution in [-0.2, 0) is 28.6 Å². The van der Waals surface area contributed by atoms with E-state index in [1.165, 1.54) is 57.8 Å². The fraction of sp³-hybridized carbons (Fsp3) is 0.575. The third kappa shape index (κ3) is 63.5. The fourth-order valence-corrected chi connectivity index (χ4v) is 8.06. The molecule has 0 N–H and O–H groups in total. The normalized spacial score (nSPS) is 13.3. The van der Waals surface area contributed by atoms with E-state index < -0.39 is 6.10 Å². The summed E-state index contributed by atoms with van der Waals surface area (Å²) < 4.78 is 16.7. The maximum absolute atomic E-state index is 12.8. The Hall–Kier alpha value is -5.23. The van der Waals surface area contributed by atoms with Crippen molar-refractivity contribution in [2.45, 2.75) is 258 Å². The number of esters is 3. The monoisotopic (exact) mass is 1090 g/mol. The van der Waals surface area contributed by atoms with Gasteiger partial charge in [-0.1, -0.05) is 274 Å². The lowest BCUT2D eigenvalue weighted by Crippen LogP contribution is -2.30. The molecule has 0 spiro atoms. The van der Waals surface area contributed by atoms with Crippen LogP contribution in [0.25, 0.3) is 0 Å². The van der Waals surface area contributed by atoms with Crippen LogP contribution in [0.1, 0.15) is 252 Å². The smallest absolute Gasteiger partial charge is 0.306 e. The molecule has 0 amide bonds. The van der Waals surface area contributed by atoms with Crippen LogP contribution < -0.4 is 0 Å². The van der Waals surface area contributed by atoms with E-state index in [9.17, 15) is 14.4 Å². The molecule has 6 nitrogen and oxygen atoms in total. The first-order chi connectivity index (χ1) is 39.0. The van der Waals surface area contributed by atoms with E-state index in [0.29, 0.717) is 19.3 Å². The molecule has 442 valence electrons. The molecule has 1 atom stereocenters. The van der Waals surface area contributed by atoms with Gasteiger partial charge in [0.1, 0.15) is 13.2 Å². The molecule has 0 aliphatic carbocycles. The van der Waals surface area contributed by atoms with E-state index in [1.807, 2.05) is 0 Å². The standard InChI is InChI=1S/C73H114O6/c1-4-7-10-13-15-17-19-21-23-25-27-29-31-32-33-34-35-36-37-38-39-40-42-43-45-47-49-51-53-55-57-60-63-66-72(75)78-69-70(68-77-71(74)65-62-59-12-9-6-3)79-73(76)67-64-61-58-56-54-52-50-48-46-44-41-30-28-26-24-22-20-18-16-14-11-8-5-2/h7-8,10-11,15-18,21-24,27-30,32-33,35-36,38-39,44,46,50,52,56,58,70H,4-6,9,12-14,19-20,25-26,31,34,37,40-43,45,47-49,51,53-55,57,59-69H2,1-3H3/b10-7-,11-8-,17-15-,18-16-,23-21-,24-22-,29-27-,30-28-,33-32-,36-35-,39-38-,46-44-,52-50-,58-56-. The van der Waals surface area contributed by atoms with Crippen molar-refractivity contribution in [2.75, 3.05) is 13.2 Å². The molecule has 0 radical (unpaired) electrons. The number of carbonyl (C=O) groups is 3. The Kier molecular flexibility index (Phi) is 61.0. The van der Waals surface area contributed by atoms with Gasteiger partial charge < -0.3 is 14.2 Å². The second-order valence-corrected chi connectivity index (χ2v) is 20.2. The van der Waals surface area contributed by atoms with Crippen molar-refractivity contribution in [3.05, 3.63) is 170 Å². The van der Waals surface area contributed by atoms with Gasteiger partial charge >= 0.3 is 17.9 Å². The summed E-state index contributed by atoms with van der Waals surface area (Å²) >= 11 is 0. The van der Waals surface area contributed by atoms with Gasteiger partial charge in [0, 0.05) is 19.3 Å². The molecule has 79 heavy (non-hydrogen) atoms. The van der Waals surface area contributed by atoms with Gasteiger partial charge in [0.25, 0.3) is 0 Å². The third-order valence-corrected chi connectivity index (χ3v) is 12.7. The van der Waals surface area contributed by atoms with Gasteiger partial charge in [0.05, 0.1) is 0 Å². The number of rotatable bonds is 55. The Balaban J connectivity index is 4.15. The third-order valence-electron chi connectivity index (χ3n) is 12.7. The average molecular weight is 1090 g/mol. The topological polar surface area (TPSA) is 78.9 Å². The summed E-state index contributed by atoms with van der Waals surface area (Å²) in [6, 6.07) is 0. The summed E-state index contributed by atoms with van der Waals surface area (Å²) in [5.74, 6) is -0.993. The Labute approximate surface area is 485 Å². The number of hydrogen-bond donors (Lipinski definition) is 0. The van der Waals surface area contributed by atoms with Gasteiger partial charge in [0.15, 0.2) is 6.10 Å². The van der Waals surface area contributed by atoms with Crippen molar-refractivity contribution >= 4 is 17.9 Å². The molecule has 0 aromatic rings. The highest BCUT2D eigenvalue weighted by molar-refractivity contribution is 5.71. The van der Waals surface area contributed by atoms with Crippen LogP contribution in [0.5, 0.6) is 0 Å². The highest BCUT2D eigenvalue weighted by Gasteiger charge is 2.19. The van der Waals surface area contributed by atoms with Crippen LogP contribution in [0.4, 0.5) is 0 Å². The number of carbonyl (C=O) groups excluding carboxylic acids is 3. The predicted molar refractivity (Wildman–Crippen MR) is 343 cm³/mol. The minimum absolute atomic E-state index is 0.109. The number of ether oxygens (including phenoxy) is 3. The van der Waals surface area contributed by atoms with E-state index >= 15 is 0 Å². The summed E-state index contributed by atoms with van der Waals surface area (Å²) in [7, 11) is 0. The Bertz CT molecular complexity index is 1820. The molecule has 0 rings (SSSR count). The lowest BCUT2D eigenvalue weighted by molar-refractivity contribution is -0.167. The molecule has 0 saturated heterocycles. The van der Waals surface area contributed by atoms with Crippen LogP contribution in [-0.4, -0.2) is 37.2 Å². The Morgan fingerprint density at radius 1 is 0.266 bits per heavy atom. The van der Waals surface area contributed by atoms with Crippen molar-refractivity contribution in [1.29, 1.82) is 0 Å². The summed E-state index contributed by atoms with van der Waals surface area (Å²) in [5.41, 5.74) is 0. The quantitative estimate of drug-likeness (QED) is 0.0261. The highest BCUT2D eigenvalue weighted by Crippen LogP contribution is 2.14. The van der Waals surface area contributed by atoms with Gasteiger partial charge in [-0.05, 0) is 128 Å². The molecule has 6 heteroatoms. The van der Waals surface area contributed by atoms with Crippen LogP contribution in [0.15, 0.2) is 170 Å². The van der Waals surface area contributed by atoms with E-state index in [2.05, 4.69) is 191 Å². The van der Waals surface area contributed by atoms with Gasteiger partial charge in [-0.15, -0.1) is 0 Å². The summed E-state index contributed by atoms with van der Waals surface area (Å²) in [6.07, 6.45) is 97.0. The van der Waals surface area contributed by atoms with Crippen LogP contribution in [0.2, 0.25) is 0 Å². The first-order valence-electron chi connectivity index (χ1n) is 31.6. The second kappa shape index (κ2) is 65.3. The maximum atomic E-state index is 12.8. The average Bonchev–Trinajstić information content (AvgIpc) is 3.45. The molecule has 0 bridgehead atoms. The fourth-order valence-electron chi connectivity index (χ4n) is 8.06. The zero-order chi connectivity index (χ0) is 57.1. The van der Waals surface area contributed by atoms with E-state index in [-0.39, 0.29) is 37.5 Å². The first kappa shape index (κ1) is 73.8. The lowest BCUT2D eigenvalue weighted by Gasteiger charge is -2.18. The molecule has 0 fully saturated rings. The second-order valence-electron chi connectivity index (χ2n) is 20.2. The van der Waals surface area contributed by atoms with Crippen molar-refractivity contribution in [2.24, 2.45) is 0 Å². The zero-order valence-electron chi connectivity index (χ0n) is 50.6. The zero-order valence-corrected chi connectivity index (χ0v) is 50.6. The van der Waals surface area contributed by atoms with Crippen molar-refractivity contribution in [3.63, 3.8) is 0 Å². The molecular formula is C73H114O6. The number of allylic oxidation sites excluding steroid dienone is 28. The predicted octanol–water partition coefficient (Wildman–Crippen LogP) is 21.9. The summed E-state index contributed by atoms with van der Waals surface area (Å²) in [6.45, 7) is 6.26. The van der Waals surface area contributed by atoms with Crippen LogP contribution in [0, 0.1) is 0 Å². The van der Waals surface area contributed by atoms with Crippen LogP contribution >= 0.6 is 0 Å². The molecule has 0 aliphatic rings. The Morgan fingerprint density at radius 2 is 0.506 bits per heavy atom.